The van der Waals surface area contributed by atoms with Crippen LogP contribution < -0.4 is 0 Å². The Morgan fingerprint density at radius 3 is 2.25 bits per heavy atom. The lowest BCUT2D eigenvalue weighted by Crippen LogP contribution is -2.08. The van der Waals surface area contributed by atoms with Crippen molar-refractivity contribution in [1.29, 1.82) is 0 Å². The van der Waals surface area contributed by atoms with Crippen molar-refractivity contribution >= 4 is 15.9 Å². The Morgan fingerprint density at radius 1 is 0.950 bits per heavy atom. The summed E-state index contributed by atoms with van der Waals surface area (Å²) in [6, 6.07) is 6.66. The summed E-state index contributed by atoms with van der Waals surface area (Å²) in [6.45, 7) is 0. The Bertz CT molecular complexity index is 634. The van der Waals surface area contributed by atoms with Gasteiger partial charge >= 0.3 is 6.18 Å². The Balaban J connectivity index is 2.71. The van der Waals surface area contributed by atoms with Crippen LogP contribution in [-0.2, 0) is 11.5 Å². The predicted molar refractivity (Wildman–Crippen MR) is 69.4 cm³/mol. The molecule has 0 nitrogen and oxygen atoms in total. The number of rotatable bonds is 2. The van der Waals surface area contributed by atoms with E-state index in [0.29, 0.717) is 5.56 Å². The second-order valence-corrected chi connectivity index (χ2v) is 4.67. The van der Waals surface area contributed by atoms with Gasteiger partial charge in [-0.1, -0.05) is 40.2 Å². The first kappa shape index (κ1) is 15.0. The lowest BCUT2D eigenvalue weighted by Gasteiger charge is -2.15. The third kappa shape index (κ3) is 2.85. The van der Waals surface area contributed by atoms with Crippen molar-refractivity contribution in [2.75, 3.05) is 0 Å². The highest BCUT2D eigenvalue weighted by atomic mass is 79.9. The number of hydrogen-bond donors (Lipinski definition) is 0. The molecule has 20 heavy (non-hydrogen) atoms. The average Bonchev–Trinajstić information content (AvgIpc) is 2.40. The summed E-state index contributed by atoms with van der Waals surface area (Å²) in [4.78, 5) is 0. The standard InChI is InChI=1S/C14H8BrF5/c15-7-8-4-5-9(11(6-8)14(18,19)20)10-2-1-3-12(16)13(10)17/h1-6H,7H2. The normalized spacial score (nSPS) is 11.7. The molecule has 0 atom stereocenters. The van der Waals surface area contributed by atoms with Crippen molar-refractivity contribution in [2.24, 2.45) is 0 Å². The van der Waals surface area contributed by atoms with Crippen LogP contribution >= 0.6 is 15.9 Å². The van der Waals surface area contributed by atoms with E-state index >= 15 is 0 Å². The van der Waals surface area contributed by atoms with E-state index in [1.165, 1.54) is 12.1 Å². The second-order valence-electron chi connectivity index (χ2n) is 4.11. The molecule has 0 spiro atoms. The fourth-order valence-electron chi connectivity index (χ4n) is 1.86. The molecule has 0 fully saturated rings. The van der Waals surface area contributed by atoms with Gasteiger partial charge in [0.25, 0.3) is 0 Å². The molecule has 2 aromatic carbocycles. The number of benzene rings is 2. The van der Waals surface area contributed by atoms with Gasteiger partial charge in [-0.25, -0.2) is 8.78 Å². The van der Waals surface area contributed by atoms with E-state index in [1.54, 1.807) is 0 Å². The maximum Gasteiger partial charge on any atom is 0.417 e. The molecule has 0 saturated heterocycles. The zero-order valence-electron chi connectivity index (χ0n) is 9.94. The Labute approximate surface area is 120 Å². The minimum Gasteiger partial charge on any atom is -0.204 e. The van der Waals surface area contributed by atoms with Gasteiger partial charge < -0.3 is 0 Å². The summed E-state index contributed by atoms with van der Waals surface area (Å²) in [6.07, 6.45) is -4.65. The first-order valence-corrected chi connectivity index (χ1v) is 6.67. The quantitative estimate of drug-likeness (QED) is 0.492. The van der Waals surface area contributed by atoms with Crippen LogP contribution in [-0.4, -0.2) is 0 Å². The fourth-order valence-corrected chi connectivity index (χ4v) is 2.20. The van der Waals surface area contributed by atoms with Gasteiger partial charge in [-0.05, 0) is 23.3 Å². The lowest BCUT2D eigenvalue weighted by molar-refractivity contribution is -0.137. The molecule has 2 aromatic rings. The van der Waals surface area contributed by atoms with Crippen LogP contribution in [0.5, 0.6) is 0 Å². The van der Waals surface area contributed by atoms with Crippen LogP contribution in [0.15, 0.2) is 36.4 Å². The average molecular weight is 351 g/mol. The molecule has 0 N–H and O–H groups in total. The third-order valence-corrected chi connectivity index (χ3v) is 3.43. The van der Waals surface area contributed by atoms with Crippen LogP contribution in [0.25, 0.3) is 11.1 Å². The van der Waals surface area contributed by atoms with Gasteiger partial charge in [0.05, 0.1) is 5.56 Å². The largest absolute Gasteiger partial charge is 0.417 e. The molecule has 0 saturated carbocycles. The molecular weight excluding hydrogens is 343 g/mol. The van der Waals surface area contributed by atoms with Gasteiger partial charge in [0.2, 0.25) is 0 Å². The molecule has 0 aliphatic rings. The SMILES string of the molecule is Fc1cccc(-c2ccc(CBr)cc2C(F)(F)F)c1F. The van der Waals surface area contributed by atoms with E-state index in [1.807, 2.05) is 0 Å². The molecule has 106 valence electrons. The third-order valence-electron chi connectivity index (χ3n) is 2.79. The minimum atomic E-state index is -4.65. The maximum absolute atomic E-state index is 13.7. The van der Waals surface area contributed by atoms with Crippen molar-refractivity contribution in [3.8, 4) is 11.1 Å². The van der Waals surface area contributed by atoms with Crippen molar-refractivity contribution in [3.05, 3.63) is 59.2 Å². The second kappa shape index (κ2) is 5.52. The predicted octanol–water partition coefficient (Wildman–Crippen LogP) is 5.55. The first-order chi connectivity index (χ1) is 9.34. The Kier molecular flexibility index (Phi) is 4.13. The molecular formula is C14H8BrF5. The summed E-state index contributed by atoms with van der Waals surface area (Å²) in [5.41, 5.74) is -1.37. The summed E-state index contributed by atoms with van der Waals surface area (Å²) in [5, 5.41) is 0.238. The van der Waals surface area contributed by atoms with Gasteiger partial charge in [0.15, 0.2) is 11.6 Å². The molecule has 0 amide bonds. The fraction of sp³-hybridized carbons (Fsp3) is 0.143. The van der Waals surface area contributed by atoms with Gasteiger partial charge in [-0.3, -0.25) is 0 Å². The summed E-state index contributed by atoms with van der Waals surface area (Å²) >= 11 is 3.06. The highest BCUT2D eigenvalue weighted by Crippen LogP contribution is 2.39. The van der Waals surface area contributed by atoms with Gasteiger partial charge in [0.1, 0.15) is 0 Å². The Morgan fingerprint density at radius 2 is 1.65 bits per heavy atom. The van der Waals surface area contributed by atoms with Crippen LogP contribution in [0.4, 0.5) is 22.0 Å². The summed E-state index contributed by atoms with van der Waals surface area (Å²) in [5.74, 6) is -2.47. The summed E-state index contributed by atoms with van der Waals surface area (Å²) in [7, 11) is 0. The van der Waals surface area contributed by atoms with E-state index in [4.69, 9.17) is 0 Å². The molecule has 0 heterocycles. The van der Waals surface area contributed by atoms with Gasteiger partial charge in [-0.2, -0.15) is 13.2 Å². The minimum absolute atomic E-state index is 0.238. The smallest absolute Gasteiger partial charge is 0.204 e. The van der Waals surface area contributed by atoms with Crippen LogP contribution in [0.3, 0.4) is 0 Å². The topological polar surface area (TPSA) is 0 Å². The molecule has 0 bridgehead atoms. The zero-order chi connectivity index (χ0) is 14.9. The van der Waals surface area contributed by atoms with Gasteiger partial charge in [-0.15, -0.1) is 0 Å². The molecule has 6 heteroatoms. The van der Waals surface area contributed by atoms with Crippen LogP contribution in [0.2, 0.25) is 0 Å². The van der Waals surface area contributed by atoms with E-state index in [0.717, 1.165) is 24.3 Å². The number of alkyl halides is 4. The van der Waals surface area contributed by atoms with E-state index in [9.17, 15) is 22.0 Å². The number of halogens is 6. The van der Waals surface area contributed by atoms with Crippen LogP contribution in [0, 0.1) is 11.6 Å². The lowest BCUT2D eigenvalue weighted by atomic mass is 9.97. The van der Waals surface area contributed by atoms with E-state index < -0.39 is 28.9 Å². The van der Waals surface area contributed by atoms with Crippen LogP contribution in [0.1, 0.15) is 11.1 Å². The molecule has 0 radical (unpaired) electrons. The van der Waals surface area contributed by atoms with Crippen molar-refractivity contribution in [3.63, 3.8) is 0 Å². The molecule has 0 aliphatic carbocycles. The Hall–Kier alpha value is -1.43. The molecule has 0 unspecified atom stereocenters. The first-order valence-electron chi connectivity index (χ1n) is 5.55. The van der Waals surface area contributed by atoms with E-state index in [-0.39, 0.29) is 10.9 Å². The highest BCUT2D eigenvalue weighted by Gasteiger charge is 2.34. The number of hydrogen-bond acceptors (Lipinski definition) is 0. The van der Waals surface area contributed by atoms with Gasteiger partial charge in [0, 0.05) is 10.9 Å². The molecule has 0 aliphatic heterocycles. The van der Waals surface area contributed by atoms with Crippen molar-refractivity contribution in [1.82, 2.24) is 0 Å². The monoisotopic (exact) mass is 350 g/mol. The molecule has 2 rings (SSSR count). The maximum atomic E-state index is 13.7. The highest BCUT2D eigenvalue weighted by molar-refractivity contribution is 9.08. The summed E-state index contributed by atoms with van der Waals surface area (Å²) < 4.78 is 66.0. The van der Waals surface area contributed by atoms with Crippen molar-refractivity contribution < 1.29 is 22.0 Å². The van der Waals surface area contributed by atoms with E-state index in [2.05, 4.69) is 15.9 Å². The molecule has 0 aromatic heterocycles. The zero-order valence-corrected chi connectivity index (χ0v) is 11.5. The van der Waals surface area contributed by atoms with Crippen molar-refractivity contribution in [2.45, 2.75) is 11.5 Å².